The highest BCUT2D eigenvalue weighted by Gasteiger charge is 2.20. The van der Waals surface area contributed by atoms with Gasteiger partial charge in [0.15, 0.2) is 29.0 Å². The van der Waals surface area contributed by atoms with Crippen LogP contribution in [0.5, 0.6) is 17.2 Å². The van der Waals surface area contributed by atoms with Gasteiger partial charge in [0.1, 0.15) is 28.3 Å². The number of aromatic nitrogens is 12. The average Bonchev–Trinajstić information content (AvgIpc) is 3.94. The van der Waals surface area contributed by atoms with Crippen LogP contribution in [0.15, 0.2) is 134 Å². The minimum atomic E-state index is -0.409. The lowest BCUT2D eigenvalue weighted by atomic mass is 10.1. The first kappa shape index (κ1) is 37.4. The van der Waals surface area contributed by atoms with Crippen molar-refractivity contribution >= 4 is 39.0 Å². The van der Waals surface area contributed by atoms with E-state index >= 15 is 0 Å². The number of rotatable bonds is 10. The lowest BCUT2D eigenvalue weighted by molar-refractivity contribution is 0.216. The number of nitrogens with zero attached hydrogens (tertiary/aromatic N) is 12. The van der Waals surface area contributed by atoms with Crippen LogP contribution in [-0.2, 0) is 0 Å². The van der Waals surface area contributed by atoms with Crippen molar-refractivity contribution in [3.63, 3.8) is 0 Å². The summed E-state index contributed by atoms with van der Waals surface area (Å²) < 4.78 is 20.2. The van der Waals surface area contributed by atoms with Crippen molar-refractivity contribution in [2.24, 2.45) is 0 Å². The van der Waals surface area contributed by atoms with E-state index in [0.29, 0.717) is 51.2 Å². The molecule has 16 nitrogen and oxygen atoms in total. The molecule has 296 valence electrons. The molecule has 8 aromatic heterocycles. The van der Waals surface area contributed by atoms with Crippen molar-refractivity contribution < 1.29 is 14.2 Å². The van der Waals surface area contributed by atoms with E-state index in [9.17, 15) is 0 Å². The van der Waals surface area contributed by atoms with E-state index in [0.717, 1.165) is 39.2 Å². The molecule has 0 unspecified atom stereocenters. The van der Waals surface area contributed by atoms with Crippen LogP contribution in [0.3, 0.4) is 0 Å². The van der Waals surface area contributed by atoms with Crippen LogP contribution >= 0.6 is 0 Å². The Morgan fingerprint density at radius 1 is 0.550 bits per heavy atom. The maximum Gasteiger partial charge on any atom is 0.195 e. The smallest absolute Gasteiger partial charge is 0.195 e. The molecule has 1 N–H and O–H groups in total. The topological polar surface area (TPSA) is 177 Å². The van der Waals surface area contributed by atoms with E-state index in [2.05, 4.69) is 45.6 Å². The van der Waals surface area contributed by atoms with Gasteiger partial charge in [-0.25, -0.2) is 9.97 Å². The van der Waals surface area contributed by atoms with Crippen LogP contribution < -0.4 is 19.5 Å². The minimum Gasteiger partial charge on any atom is -0.495 e. The number of nitrogens with one attached hydrogen (secondary N) is 1. The fourth-order valence-electron chi connectivity index (χ4n) is 6.63. The van der Waals surface area contributed by atoms with Gasteiger partial charge in [0, 0.05) is 41.7 Å². The van der Waals surface area contributed by atoms with Gasteiger partial charge in [0.05, 0.1) is 60.8 Å². The third-order valence-corrected chi connectivity index (χ3v) is 9.68. The van der Waals surface area contributed by atoms with Crippen molar-refractivity contribution in [1.82, 2.24) is 59.6 Å². The molecule has 0 amide bonds. The van der Waals surface area contributed by atoms with Crippen LogP contribution in [0.25, 0.3) is 55.9 Å². The Kier molecular flexibility index (Phi) is 10.2. The lowest BCUT2D eigenvalue weighted by Gasteiger charge is -2.15. The predicted octanol–water partition coefficient (Wildman–Crippen LogP) is 7.80. The third-order valence-electron chi connectivity index (χ3n) is 9.68. The molecule has 10 aromatic rings. The first-order valence-corrected chi connectivity index (χ1v) is 19.0. The van der Waals surface area contributed by atoms with Crippen molar-refractivity contribution in [2.45, 2.75) is 26.0 Å². The van der Waals surface area contributed by atoms with Gasteiger partial charge in [-0.15, -0.1) is 20.4 Å². The van der Waals surface area contributed by atoms with E-state index in [1.807, 2.05) is 117 Å². The van der Waals surface area contributed by atoms with Gasteiger partial charge in [-0.1, -0.05) is 60.7 Å². The van der Waals surface area contributed by atoms with E-state index in [4.69, 9.17) is 24.4 Å². The summed E-state index contributed by atoms with van der Waals surface area (Å²) >= 11 is 0. The molecule has 0 bridgehead atoms. The molecule has 16 heteroatoms. The second-order valence-corrected chi connectivity index (χ2v) is 13.6. The summed E-state index contributed by atoms with van der Waals surface area (Å²) in [4.78, 5) is 17.7. The van der Waals surface area contributed by atoms with E-state index in [1.165, 1.54) is 0 Å². The Bertz CT molecular complexity index is 2880. The molecule has 60 heavy (non-hydrogen) atoms. The zero-order valence-corrected chi connectivity index (χ0v) is 32.9. The standard InChI is InChI=1S/C22H19N7O.C22H18N6O2/c1-14(25-18-10-11-23-19-12-16(30-2)13-24-21(18)19)22-27-26-20-9-8-17(28-29(20)22)15-6-4-3-5-7-15;1-14(30-19-10-11-23-18-12-16(29-2)13-24-21(18)19)22-26-25-20-9-8-17(27-28(20)22)15-6-4-3-5-7-15/h3-14H,1-2H3,(H,23,25);3-14H,1-2H3/t2*14-/m01/s1. The maximum atomic E-state index is 6.19. The van der Waals surface area contributed by atoms with Gasteiger partial charge >= 0.3 is 0 Å². The Labute approximate surface area is 342 Å². The van der Waals surface area contributed by atoms with E-state index < -0.39 is 6.10 Å². The molecule has 0 fully saturated rings. The molecule has 0 aliphatic carbocycles. The fourth-order valence-corrected chi connectivity index (χ4v) is 6.63. The van der Waals surface area contributed by atoms with E-state index in [1.54, 1.807) is 54.1 Å². The second-order valence-electron chi connectivity index (χ2n) is 13.6. The van der Waals surface area contributed by atoms with Gasteiger partial charge in [-0.3, -0.25) is 9.97 Å². The third kappa shape index (κ3) is 7.51. The highest BCUT2D eigenvalue weighted by atomic mass is 16.5. The first-order chi connectivity index (χ1) is 29.4. The maximum absolute atomic E-state index is 6.19. The molecule has 0 spiro atoms. The number of hydrogen-bond acceptors (Lipinski definition) is 14. The van der Waals surface area contributed by atoms with Gasteiger partial charge < -0.3 is 19.5 Å². The Balaban J connectivity index is 0.000000154. The van der Waals surface area contributed by atoms with Crippen molar-refractivity contribution in [2.75, 3.05) is 19.5 Å². The summed E-state index contributed by atoms with van der Waals surface area (Å²) in [6.07, 6.45) is 6.33. The highest BCUT2D eigenvalue weighted by molar-refractivity contribution is 5.88. The van der Waals surface area contributed by atoms with Crippen LogP contribution in [0.1, 0.15) is 37.6 Å². The molecule has 2 aromatic carbocycles. The Morgan fingerprint density at radius 3 is 1.68 bits per heavy atom. The quantitative estimate of drug-likeness (QED) is 0.142. The van der Waals surface area contributed by atoms with Crippen molar-refractivity contribution in [1.29, 1.82) is 0 Å². The first-order valence-electron chi connectivity index (χ1n) is 19.0. The normalized spacial score (nSPS) is 12.2. The Hall–Kier alpha value is -8.14. The minimum absolute atomic E-state index is 0.159. The SMILES string of the molecule is COc1cnc2c(N[C@@H](C)c3nnc4ccc(-c5ccccc5)nn34)ccnc2c1.COc1cnc2c(O[C@H](C)c3nnc4ccc(-c5ccccc5)nn34)ccnc2c1. The fraction of sp³-hybridized carbons (Fsp3) is 0.136. The van der Waals surface area contributed by atoms with Gasteiger partial charge in [0.25, 0.3) is 0 Å². The molecule has 2 atom stereocenters. The number of ether oxygens (including phenoxy) is 3. The summed E-state index contributed by atoms with van der Waals surface area (Å²) in [7, 11) is 3.21. The van der Waals surface area contributed by atoms with Crippen LogP contribution in [0, 0.1) is 0 Å². The summed E-state index contributed by atoms with van der Waals surface area (Å²) in [6, 6.07) is 34.9. The summed E-state index contributed by atoms with van der Waals surface area (Å²) in [5.41, 5.74) is 8.81. The van der Waals surface area contributed by atoms with Crippen LogP contribution in [-0.4, -0.2) is 73.8 Å². The lowest BCUT2D eigenvalue weighted by Crippen LogP contribution is -2.12. The highest BCUT2D eigenvalue weighted by Crippen LogP contribution is 2.30. The Morgan fingerprint density at radius 2 is 1.08 bits per heavy atom. The molecule has 8 heterocycles. The number of fused-ring (bicyclic) bond motifs is 4. The average molecular weight is 796 g/mol. The molecule has 0 radical (unpaired) electrons. The molecule has 0 saturated heterocycles. The number of pyridine rings is 4. The van der Waals surface area contributed by atoms with E-state index in [-0.39, 0.29) is 6.04 Å². The monoisotopic (exact) mass is 795 g/mol. The second kappa shape index (κ2) is 16.4. The number of hydrogen-bond donors (Lipinski definition) is 1. The molecular weight excluding hydrogens is 759 g/mol. The van der Waals surface area contributed by atoms with Gasteiger partial charge in [-0.05, 0) is 44.2 Å². The summed E-state index contributed by atoms with van der Waals surface area (Å²) in [5.74, 6) is 3.22. The summed E-state index contributed by atoms with van der Waals surface area (Å²) in [5, 5.41) is 30.1. The largest absolute Gasteiger partial charge is 0.495 e. The predicted molar refractivity (Wildman–Crippen MR) is 226 cm³/mol. The molecule has 0 aliphatic heterocycles. The molecular formula is C44H37N13O3. The van der Waals surface area contributed by atoms with Crippen LogP contribution in [0.4, 0.5) is 5.69 Å². The number of benzene rings is 2. The van der Waals surface area contributed by atoms with Crippen LogP contribution in [0.2, 0.25) is 0 Å². The molecule has 0 aliphatic rings. The number of anilines is 1. The zero-order chi connectivity index (χ0) is 41.0. The van der Waals surface area contributed by atoms with Gasteiger partial charge in [-0.2, -0.15) is 19.2 Å². The molecule has 10 rings (SSSR count). The number of methoxy groups -OCH3 is 2. The summed E-state index contributed by atoms with van der Waals surface area (Å²) in [6.45, 7) is 3.92. The molecule has 0 saturated carbocycles. The van der Waals surface area contributed by atoms with Crippen molar-refractivity contribution in [3.8, 4) is 39.8 Å². The van der Waals surface area contributed by atoms with Gasteiger partial charge in [0.2, 0.25) is 0 Å². The van der Waals surface area contributed by atoms with Crippen molar-refractivity contribution in [3.05, 3.63) is 146 Å². The zero-order valence-electron chi connectivity index (χ0n) is 32.9.